The van der Waals surface area contributed by atoms with Gasteiger partial charge >= 0.3 is 0 Å². The van der Waals surface area contributed by atoms with Gasteiger partial charge in [0.15, 0.2) is 17.1 Å². The molecular formula is C32H43N5O8. The zero-order valence-corrected chi connectivity index (χ0v) is 26.5. The van der Waals surface area contributed by atoms with Crippen LogP contribution in [-0.4, -0.2) is 113 Å². The number of carbonyl (C=O) groups is 4. The minimum absolute atomic E-state index is 0.00737. The fraction of sp³-hybridized carbons (Fsp3) is 0.562. The van der Waals surface area contributed by atoms with Crippen molar-refractivity contribution < 1.29 is 39.6 Å². The van der Waals surface area contributed by atoms with Crippen LogP contribution in [0, 0.1) is 17.8 Å². The van der Waals surface area contributed by atoms with Crippen molar-refractivity contribution in [1.82, 2.24) is 9.80 Å². The van der Waals surface area contributed by atoms with Gasteiger partial charge in [-0.25, -0.2) is 0 Å². The highest BCUT2D eigenvalue weighted by molar-refractivity contribution is 6.25. The number of hydrogen-bond donors (Lipinski definition) is 6. The van der Waals surface area contributed by atoms with E-state index < -0.39 is 63.8 Å². The molecule has 3 aliphatic carbocycles. The summed E-state index contributed by atoms with van der Waals surface area (Å²) in [5.41, 5.74) is 2.52. The lowest BCUT2D eigenvalue weighted by atomic mass is 9.58. The topological polar surface area (TPSA) is 197 Å². The first-order valence-corrected chi connectivity index (χ1v) is 15.4. The van der Waals surface area contributed by atoms with Crippen LogP contribution in [0.4, 0.5) is 11.4 Å². The molecule has 1 fully saturated rings. The quantitative estimate of drug-likeness (QED) is 0.180. The fourth-order valence-electron chi connectivity index (χ4n) is 7.81. The molecule has 1 aromatic carbocycles. The number of aliphatic hydroxyl groups is 3. The molecule has 1 saturated heterocycles. The molecule has 0 bridgehead atoms. The summed E-state index contributed by atoms with van der Waals surface area (Å²) in [5.74, 6) is -7.78. The number of benzene rings is 1. The fourth-order valence-corrected chi connectivity index (χ4v) is 7.81. The molecule has 1 aromatic rings. The van der Waals surface area contributed by atoms with Crippen molar-refractivity contribution in [3.63, 3.8) is 0 Å². The van der Waals surface area contributed by atoms with Crippen LogP contribution in [0.3, 0.4) is 0 Å². The summed E-state index contributed by atoms with van der Waals surface area (Å²) in [7, 11) is 6.69. The standard InChI is InChI=1S/C32H43N5O8/c1-7-16(8-2)37-12-15(13-37)31(44)34-19-11-20(35(3)4)17-9-14-10-18-24(36(5)6)27(40)23(30(33)43)29(42)32(18,45)28(41)21(14)26(39)22(17)25(19)38/h11,14-16,18,24,38,40-41,45H,7-10,12-13H2,1-6H3,(H2,33,43)(H,34,44)/t14-,18-,24-,32-/m0/s1. The third-order valence-electron chi connectivity index (χ3n) is 10.2. The molecule has 0 saturated carbocycles. The Kier molecular flexibility index (Phi) is 8.26. The number of anilines is 2. The predicted octanol–water partition coefficient (Wildman–Crippen LogP) is 1.25. The number of fused-ring (bicyclic) bond motifs is 3. The van der Waals surface area contributed by atoms with E-state index in [-0.39, 0.29) is 41.5 Å². The van der Waals surface area contributed by atoms with E-state index >= 15 is 0 Å². The monoisotopic (exact) mass is 625 g/mol. The number of rotatable bonds is 8. The Morgan fingerprint density at radius 1 is 1.11 bits per heavy atom. The van der Waals surface area contributed by atoms with Gasteiger partial charge in [-0.15, -0.1) is 0 Å². The Morgan fingerprint density at radius 2 is 1.73 bits per heavy atom. The summed E-state index contributed by atoms with van der Waals surface area (Å²) in [4.78, 5) is 58.7. The third kappa shape index (κ3) is 4.79. The number of likely N-dealkylation sites (N-methyl/N-ethyl adjacent to an activating group) is 1. The molecule has 5 rings (SSSR count). The van der Waals surface area contributed by atoms with Crippen molar-refractivity contribution in [2.75, 3.05) is 51.5 Å². The van der Waals surface area contributed by atoms with Crippen LogP contribution in [0.25, 0.3) is 0 Å². The maximum atomic E-state index is 14.2. The highest BCUT2D eigenvalue weighted by Gasteiger charge is 2.63. The number of amides is 2. The zero-order valence-electron chi connectivity index (χ0n) is 26.5. The number of carbonyl (C=O) groups excluding carboxylic acids is 4. The highest BCUT2D eigenvalue weighted by atomic mass is 16.3. The van der Waals surface area contributed by atoms with Crippen LogP contribution in [0.1, 0.15) is 49.0 Å². The zero-order chi connectivity index (χ0) is 33.3. The number of nitrogens with two attached hydrogens (primary N) is 1. The van der Waals surface area contributed by atoms with Crippen LogP contribution in [0.15, 0.2) is 28.7 Å². The number of allylic oxidation sites excluding steroid dienone is 1. The number of Topliss-reactive ketones (excluding diaryl/α,β-unsaturated/α-hetero) is 2. The van der Waals surface area contributed by atoms with Gasteiger partial charge in [-0.2, -0.15) is 0 Å². The highest BCUT2D eigenvalue weighted by Crippen LogP contribution is 2.54. The smallest absolute Gasteiger partial charge is 0.255 e. The van der Waals surface area contributed by atoms with Gasteiger partial charge in [-0.05, 0) is 57.3 Å². The summed E-state index contributed by atoms with van der Waals surface area (Å²) in [5, 5.41) is 48.6. The largest absolute Gasteiger partial charge is 0.510 e. The minimum atomic E-state index is -2.72. The van der Waals surface area contributed by atoms with Crippen LogP contribution in [-0.2, 0) is 20.8 Å². The average Bonchev–Trinajstić information content (AvgIpc) is 2.93. The number of primary amides is 1. The molecule has 0 radical (unpaired) electrons. The molecule has 0 aromatic heterocycles. The van der Waals surface area contributed by atoms with Crippen LogP contribution in [0.2, 0.25) is 0 Å². The summed E-state index contributed by atoms with van der Waals surface area (Å²) in [6.45, 7) is 5.39. The van der Waals surface area contributed by atoms with Gasteiger partial charge in [0.05, 0.1) is 23.2 Å². The van der Waals surface area contributed by atoms with Gasteiger partial charge < -0.3 is 36.4 Å². The Bertz CT molecular complexity index is 1540. The summed E-state index contributed by atoms with van der Waals surface area (Å²) in [6, 6.07) is 0.942. The van der Waals surface area contributed by atoms with Crippen molar-refractivity contribution >= 4 is 34.8 Å². The number of likely N-dealkylation sites (tertiary alicyclic amines) is 1. The molecule has 244 valence electrons. The van der Waals surface area contributed by atoms with Crippen molar-refractivity contribution in [2.45, 2.75) is 57.2 Å². The molecule has 2 amide bonds. The Labute approximate surface area is 262 Å². The van der Waals surface area contributed by atoms with E-state index in [1.807, 2.05) is 0 Å². The van der Waals surface area contributed by atoms with Crippen LogP contribution < -0.4 is 16.0 Å². The lowest BCUT2D eigenvalue weighted by molar-refractivity contribution is -0.148. The second-order valence-corrected chi connectivity index (χ2v) is 13.1. The molecule has 13 heteroatoms. The maximum Gasteiger partial charge on any atom is 0.255 e. The molecule has 0 unspecified atom stereocenters. The van der Waals surface area contributed by atoms with Gasteiger partial charge in [-0.3, -0.25) is 29.0 Å². The molecule has 1 heterocycles. The first kappa shape index (κ1) is 32.5. The number of aromatic hydroxyl groups is 1. The van der Waals surface area contributed by atoms with E-state index in [4.69, 9.17) is 5.73 Å². The normalized spacial score (nSPS) is 26.9. The molecule has 1 aliphatic heterocycles. The molecule has 45 heavy (non-hydrogen) atoms. The summed E-state index contributed by atoms with van der Waals surface area (Å²) < 4.78 is 0. The first-order valence-electron chi connectivity index (χ1n) is 15.4. The van der Waals surface area contributed by atoms with Crippen LogP contribution in [0.5, 0.6) is 5.75 Å². The van der Waals surface area contributed by atoms with Gasteiger partial charge in [0.1, 0.15) is 17.1 Å². The first-order chi connectivity index (χ1) is 21.1. The Hall–Kier alpha value is -3.94. The van der Waals surface area contributed by atoms with Gasteiger partial charge in [0.25, 0.3) is 5.91 Å². The SMILES string of the molecule is CCC(CC)N1CC(C(=O)Nc2cc(N(C)C)c3c(c2O)C(=O)C2=C(O)[C@]4(O)C(=O)C(C(N)=O)=C(O)[C@@H](N(C)C)[C@@H]4C[C@@H]2C3)C1. The minimum Gasteiger partial charge on any atom is -0.510 e. The lowest BCUT2D eigenvalue weighted by Gasteiger charge is -2.50. The molecule has 4 atom stereocenters. The number of nitrogens with zero attached hydrogens (tertiary/aromatic N) is 3. The maximum absolute atomic E-state index is 14.2. The van der Waals surface area contributed by atoms with Gasteiger partial charge in [0.2, 0.25) is 11.7 Å². The number of phenols is 1. The van der Waals surface area contributed by atoms with E-state index in [0.29, 0.717) is 30.4 Å². The lowest BCUT2D eigenvalue weighted by Crippen LogP contribution is -2.63. The van der Waals surface area contributed by atoms with E-state index in [1.165, 1.54) is 4.90 Å². The molecule has 7 N–H and O–H groups in total. The number of aliphatic hydroxyl groups excluding tert-OH is 2. The Morgan fingerprint density at radius 3 is 2.27 bits per heavy atom. The Balaban J connectivity index is 1.57. The molecular weight excluding hydrogens is 582 g/mol. The third-order valence-corrected chi connectivity index (χ3v) is 10.2. The number of ketones is 2. The van der Waals surface area contributed by atoms with Crippen molar-refractivity contribution in [3.05, 3.63) is 39.9 Å². The second-order valence-electron chi connectivity index (χ2n) is 13.1. The van der Waals surface area contributed by atoms with Crippen LogP contribution >= 0.6 is 0 Å². The molecule has 0 spiro atoms. The van der Waals surface area contributed by atoms with Crippen molar-refractivity contribution in [2.24, 2.45) is 23.5 Å². The van der Waals surface area contributed by atoms with E-state index in [1.54, 1.807) is 39.2 Å². The average molecular weight is 626 g/mol. The molecule has 4 aliphatic rings. The second kappa shape index (κ2) is 11.5. The van der Waals surface area contributed by atoms with Crippen molar-refractivity contribution in [3.8, 4) is 5.75 Å². The summed E-state index contributed by atoms with van der Waals surface area (Å²) in [6.07, 6.45) is 2.10. The number of nitrogens with one attached hydrogen (secondary N) is 1. The van der Waals surface area contributed by atoms with Gasteiger partial charge in [0, 0.05) is 50.4 Å². The molecule has 13 nitrogen and oxygen atoms in total. The number of hydrogen-bond acceptors (Lipinski definition) is 11. The van der Waals surface area contributed by atoms with Gasteiger partial charge in [-0.1, -0.05) is 13.8 Å². The van der Waals surface area contributed by atoms with Crippen molar-refractivity contribution in [1.29, 1.82) is 0 Å². The van der Waals surface area contributed by atoms with E-state index in [9.17, 15) is 39.6 Å². The predicted molar refractivity (Wildman–Crippen MR) is 166 cm³/mol. The number of phenolic OH excluding ortho intramolecular Hbond substituents is 1. The van der Waals surface area contributed by atoms with E-state index in [2.05, 4.69) is 24.1 Å². The summed E-state index contributed by atoms with van der Waals surface area (Å²) >= 11 is 0. The van der Waals surface area contributed by atoms with E-state index in [0.717, 1.165) is 12.8 Å².